The maximum atomic E-state index is 10.8. The first-order chi connectivity index (χ1) is 7.54. The molecule has 0 saturated heterocycles. The molecule has 0 atom stereocenters. The van der Waals surface area contributed by atoms with E-state index in [1.54, 1.807) is 13.0 Å². The molecule has 0 unspecified atom stereocenters. The van der Waals surface area contributed by atoms with Crippen LogP contribution in [-0.4, -0.2) is 30.7 Å². The number of rotatable bonds is 5. The Morgan fingerprint density at radius 3 is 2.75 bits per heavy atom. The molecule has 16 heavy (non-hydrogen) atoms. The molecule has 0 saturated carbocycles. The number of esters is 1. The van der Waals surface area contributed by atoms with Crippen molar-refractivity contribution in [3.8, 4) is 0 Å². The van der Waals surface area contributed by atoms with E-state index in [-0.39, 0.29) is 24.8 Å². The summed E-state index contributed by atoms with van der Waals surface area (Å²) in [4.78, 5) is 21.4. The van der Waals surface area contributed by atoms with E-state index in [0.717, 1.165) is 0 Å². The van der Waals surface area contributed by atoms with Crippen LogP contribution in [0.1, 0.15) is 21.9 Å². The highest BCUT2D eigenvalue weighted by molar-refractivity contribution is 5.86. The molecule has 0 amide bonds. The van der Waals surface area contributed by atoms with Gasteiger partial charge < -0.3 is 14.3 Å². The average molecular weight is 227 g/mol. The maximum Gasteiger partial charge on any atom is 0.372 e. The number of hydrogen-bond acceptors (Lipinski definition) is 5. The summed E-state index contributed by atoms with van der Waals surface area (Å²) in [6.07, 6.45) is 0. The molecule has 2 N–H and O–H groups in total. The zero-order valence-corrected chi connectivity index (χ0v) is 9.07. The van der Waals surface area contributed by atoms with Gasteiger partial charge in [0.15, 0.2) is 0 Å². The Hall–Kier alpha value is -1.82. The number of furan rings is 1. The number of aromatic carboxylic acids is 1. The quantitative estimate of drug-likeness (QED) is 0.714. The molecular formula is C10H13NO5. The molecule has 1 heterocycles. The largest absolute Gasteiger partial charge is 0.475 e. The molecule has 0 radical (unpaired) electrons. The Kier molecular flexibility index (Phi) is 4.07. The van der Waals surface area contributed by atoms with Crippen LogP contribution in [-0.2, 0) is 16.1 Å². The number of methoxy groups -OCH3 is 1. The molecule has 0 aliphatic rings. The molecule has 1 rings (SSSR count). The summed E-state index contributed by atoms with van der Waals surface area (Å²) in [6.45, 7) is 1.98. The predicted octanol–water partition coefficient (Wildman–Crippen LogP) is 0.549. The van der Waals surface area contributed by atoms with Gasteiger partial charge in [0.05, 0.1) is 20.2 Å². The molecule has 1 aromatic rings. The molecule has 6 nitrogen and oxygen atoms in total. The Balaban J connectivity index is 2.52. The number of aryl methyl sites for hydroxylation is 1. The van der Waals surface area contributed by atoms with Crippen LogP contribution < -0.4 is 5.32 Å². The van der Waals surface area contributed by atoms with Crippen molar-refractivity contribution >= 4 is 11.9 Å². The van der Waals surface area contributed by atoms with Crippen LogP contribution in [0, 0.1) is 6.92 Å². The highest BCUT2D eigenvalue weighted by Gasteiger charge is 2.14. The van der Waals surface area contributed by atoms with Gasteiger partial charge in [-0.3, -0.25) is 10.1 Å². The van der Waals surface area contributed by atoms with Crippen LogP contribution >= 0.6 is 0 Å². The van der Waals surface area contributed by atoms with Crippen LogP contribution in [0.2, 0.25) is 0 Å². The Morgan fingerprint density at radius 1 is 1.56 bits per heavy atom. The number of carbonyl (C=O) groups is 2. The standard InChI is InChI=1S/C10H13NO5/c1-6-3-7(16-9(6)10(13)14)4-11-5-8(12)15-2/h3,11H,4-5H2,1-2H3,(H,13,14). The van der Waals surface area contributed by atoms with E-state index in [9.17, 15) is 9.59 Å². The molecule has 88 valence electrons. The highest BCUT2D eigenvalue weighted by Crippen LogP contribution is 2.14. The minimum Gasteiger partial charge on any atom is -0.475 e. The van der Waals surface area contributed by atoms with Crippen molar-refractivity contribution in [2.45, 2.75) is 13.5 Å². The smallest absolute Gasteiger partial charge is 0.372 e. The molecule has 0 aliphatic carbocycles. The van der Waals surface area contributed by atoms with Crippen molar-refractivity contribution in [2.75, 3.05) is 13.7 Å². The summed E-state index contributed by atoms with van der Waals surface area (Å²) >= 11 is 0. The first-order valence-electron chi connectivity index (χ1n) is 4.64. The lowest BCUT2D eigenvalue weighted by atomic mass is 10.2. The van der Waals surface area contributed by atoms with E-state index in [2.05, 4.69) is 10.1 Å². The summed E-state index contributed by atoms with van der Waals surface area (Å²) in [5.41, 5.74) is 0.558. The van der Waals surface area contributed by atoms with Gasteiger partial charge in [-0.1, -0.05) is 0 Å². The summed E-state index contributed by atoms with van der Waals surface area (Å²) in [7, 11) is 1.30. The number of nitrogens with one attached hydrogen (secondary N) is 1. The molecule has 1 aromatic heterocycles. The summed E-state index contributed by atoms with van der Waals surface area (Å²) in [5, 5.41) is 11.5. The second-order valence-corrected chi connectivity index (χ2v) is 3.21. The van der Waals surface area contributed by atoms with Crippen molar-refractivity contribution in [2.24, 2.45) is 0 Å². The Bertz CT molecular complexity index is 396. The Morgan fingerprint density at radius 2 is 2.25 bits per heavy atom. The zero-order chi connectivity index (χ0) is 12.1. The molecule has 6 heteroatoms. The van der Waals surface area contributed by atoms with Crippen LogP contribution in [0.25, 0.3) is 0 Å². The van der Waals surface area contributed by atoms with Gasteiger partial charge in [-0.2, -0.15) is 0 Å². The highest BCUT2D eigenvalue weighted by atomic mass is 16.5. The fourth-order valence-corrected chi connectivity index (χ4v) is 1.21. The third-order valence-corrected chi connectivity index (χ3v) is 1.96. The van der Waals surface area contributed by atoms with E-state index in [4.69, 9.17) is 9.52 Å². The molecule has 0 bridgehead atoms. The maximum absolute atomic E-state index is 10.8. The minimum absolute atomic E-state index is 0.0542. The summed E-state index contributed by atoms with van der Waals surface area (Å²) in [5.74, 6) is -1.09. The number of ether oxygens (including phenoxy) is 1. The van der Waals surface area contributed by atoms with Gasteiger partial charge in [0.25, 0.3) is 0 Å². The molecule has 0 fully saturated rings. The van der Waals surface area contributed by atoms with Gasteiger partial charge >= 0.3 is 11.9 Å². The van der Waals surface area contributed by atoms with Gasteiger partial charge in [-0.15, -0.1) is 0 Å². The Labute approximate surface area is 92.2 Å². The predicted molar refractivity (Wildman–Crippen MR) is 54.1 cm³/mol. The monoisotopic (exact) mass is 227 g/mol. The summed E-state index contributed by atoms with van der Waals surface area (Å²) < 4.78 is 9.51. The van der Waals surface area contributed by atoms with Crippen LogP contribution in [0.15, 0.2) is 10.5 Å². The van der Waals surface area contributed by atoms with Crippen LogP contribution in [0.3, 0.4) is 0 Å². The number of hydrogen-bond donors (Lipinski definition) is 2. The molecule has 0 spiro atoms. The SMILES string of the molecule is COC(=O)CNCc1cc(C)c(C(=O)O)o1. The molecule has 0 aliphatic heterocycles. The van der Waals surface area contributed by atoms with E-state index in [0.29, 0.717) is 11.3 Å². The third kappa shape index (κ3) is 3.09. The van der Waals surface area contributed by atoms with Crippen molar-refractivity contribution in [1.82, 2.24) is 5.32 Å². The second kappa shape index (κ2) is 5.32. The van der Waals surface area contributed by atoms with E-state index < -0.39 is 5.97 Å². The lowest BCUT2D eigenvalue weighted by Gasteiger charge is -2.00. The number of carboxylic acids is 1. The lowest BCUT2D eigenvalue weighted by Crippen LogP contribution is -2.23. The van der Waals surface area contributed by atoms with Crippen molar-refractivity contribution in [1.29, 1.82) is 0 Å². The van der Waals surface area contributed by atoms with E-state index in [1.165, 1.54) is 7.11 Å². The van der Waals surface area contributed by atoms with Gasteiger partial charge in [-0.05, 0) is 13.0 Å². The van der Waals surface area contributed by atoms with E-state index in [1.807, 2.05) is 0 Å². The molecular weight excluding hydrogens is 214 g/mol. The van der Waals surface area contributed by atoms with E-state index >= 15 is 0 Å². The van der Waals surface area contributed by atoms with Crippen molar-refractivity contribution in [3.63, 3.8) is 0 Å². The fourth-order valence-electron chi connectivity index (χ4n) is 1.21. The van der Waals surface area contributed by atoms with Gasteiger partial charge in [0, 0.05) is 5.56 Å². The number of carboxylic acid groups (broad SMARTS) is 1. The normalized spacial score (nSPS) is 10.1. The van der Waals surface area contributed by atoms with Crippen molar-refractivity contribution < 1.29 is 23.8 Å². The first-order valence-corrected chi connectivity index (χ1v) is 4.64. The number of carbonyl (C=O) groups excluding carboxylic acids is 1. The van der Waals surface area contributed by atoms with Gasteiger partial charge in [-0.25, -0.2) is 4.79 Å². The lowest BCUT2D eigenvalue weighted by molar-refractivity contribution is -0.139. The second-order valence-electron chi connectivity index (χ2n) is 3.21. The summed E-state index contributed by atoms with van der Waals surface area (Å²) in [6, 6.07) is 1.62. The van der Waals surface area contributed by atoms with Crippen LogP contribution in [0.4, 0.5) is 0 Å². The van der Waals surface area contributed by atoms with Crippen molar-refractivity contribution in [3.05, 3.63) is 23.2 Å². The molecule has 0 aromatic carbocycles. The third-order valence-electron chi connectivity index (χ3n) is 1.96. The first kappa shape index (κ1) is 12.3. The topological polar surface area (TPSA) is 88.8 Å². The fraction of sp³-hybridized carbons (Fsp3) is 0.400. The average Bonchev–Trinajstić information content (AvgIpc) is 2.59. The van der Waals surface area contributed by atoms with Gasteiger partial charge in [0.1, 0.15) is 5.76 Å². The van der Waals surface area contributed by atoms with Crippen LogP contribution in [0.5, 0.6) is 0 Å². The van der Waals surface area contributed by atoms with Gasteiger partial charge in [0.2, 0.25) is 5.76 Å². The zero-order valence-electron chi connectivity index (χ0n) is 9.07. The minimum atomic E-state index is -1.10.